The van der Waals surface area contributed by atoms with Crippen LogP contribution in [0, 0.1) is 5.92 Å². The Kier molecular flexibility index (Phi) is 2.76. The molecule has 1 heteroatoms. The fourth-order valence-corrected chi connectivity index (χ4v) is 2.25. The number of hydrogen-bond donors (Lipinski definition) is 1. The Hall–Kier alpha value is -0.980. The molecule has 1 aromatic carbocycles. The quantitative estimate of drug-likeness (QED) is 0.751. The third-order valence-electron chi connectivity index (χ3n) is 2.90. The SMILES string of the molecule is CC(C)CC1CCc2ccccc2N1. The van der Waals surface area contributed by atoms with Crippen molar-refractivity contribution in [2.24, 2.45) is 5.92 Å². The summed E-state index contributed by atoms with van der Waals surface area (Å²) < 4.78 is 0. The van der Waals surface area contributed by atoms with E-state index in [-0.39, 0.29) is 0 Å². The van der Waals surface area contributed by atoms with Crippen LogP contribution in [0.25, 0.3) is 0 Å². The van der Waals surface area contributed by atoms with Gasteiger partial charge in [0.2, 0.25) is 0 Å². The summed E-state index contributed by atoms with van der Waals surface area (Å²) in [4.78, 5) is 0. The van der Waals surface area contributed by atoms with Crippen molar-refractivity contribution >= 4 is 5.69 Å². The van der Waals surface area contributed by atoms with Gasteiger partial charge in [-0.1, -0.05) is 32.0 Å². The summed E-state index contributed by atoms with van der Waals surface area (Å²) in [6, 6.07) is 9.35. The summed E-state index contributed by atoms with van der Waals surface area (Å²) in [6.07, 6.45) is 3.81. The van der Waals surface area contributed by atoms with Gasteiger partial charge in [-0.2, -0.15) is 0 Å². The predicted molar refractivity (Wildman–Crippen MR) is 61.6 cm³/mol. The van der Waals surface area contributed by atoms with Gasteiger partial charge in [0.25, 0.3) is 0 Å². The molecule has 76 valence electrons. The van der Waals surface area contributed by atoms with Gasteiger partial charge in [-0.3, -0.25) is 0 Å². The lowest BCUT2D eigenvalue weighted by atomic mass is 9.93. The van der Waals surface area contributed by atoms with Crippen LogP contribution in [-0.2, 0) is 6.42 Å². The van der Waals surface area contributed by atoms with E-state index in [4.69, 9.17) is 0 Å². The van der Waals surface area contributed by atoms with Gasteiger partial charge in [0, 0.05) is 11.7 Å². The van der Waals surface area contributed by atoms with Gasteiger partial charge in [0.15, 0.2) is 0 Å². The highest BCUT2D eigenvalue weighted by molar-refractivity contribution is 5.53. The van der Waals surface area contributed by atoms with Crippen LogP contribution in [0.15, 0.2) is 24.3 Å². The lowest BCUT2D eigenvalue weighted by Crippen LogP contribution is -2.26. The van der Waals surface area contributed by atoms with Crippen molar-refractivity contribution in [3.05, 3.63) is 29.8 Å². The normalized spacial score (nSPS) is 20.4. The monoisotopic (exact) mass is 189 g/mol. The Morgan fingerprint density at radius 2 is 2.14 bits per heavy atom. The molecule has 0 saturated carbocycles. The fraction of sp³-hybridized carbons (Fsp3) is 0.538. The van der Waals surface area contributed by atoms with E-state index < -0.39 is 0 Å². The van der Waals surface area contributed by atoms with Gasteiger partial charge in [-0.25, -0.2) is 0 Å². The van der Waals surface area contributed by atoms with Crippen LogP contribution in [0.1, 0.15) is 32.3 Å². The van der Waals surface area contributed by atoms with E-state index in [0.717, 1.165) is 5.92 Å². The minimum atomic E-state index is 0.685. The molecule has 14 heavy (non-hydrogen) atoms. The molecule has 0 aliphatic carbocycles. The van der Waals surface area contributed by atoms with Crippen molar-refractivity contribution in [1.29, 1.82) is 0 Å². The first-order chi connectivity index (χ1) is 6.75. The maximum Gasteiger partial charge on any atom is 0.0374 e. The first kappa shape index (κ1) is 9.57. The zero-order valence-corrected chi connectivity index (χ0v) is 9.09. The van der Waals surface area contributed by atoms with Crippen LogP contribution >= 0.6 is 0 Å². The minimum absolute atomic E-state index is 0.685. The second-order valence-electron chi connectivity index (χ2n) is 4.67. The molecule has 0 bridgehead atoms. The second-order valence-corrected chi connectivity index (χ2v) is 4.67. The molecule has 0 radical (unpaired) electrons. The maximum absolute atomic E-state index is 3.63. The van der Waals surface area contributed by atoms with E-state index in [9.17, 15) is 0 Å². The molecule has 0 spiro atoms. The number of nitrogens with one attached hydrogen (secondary N) is 1. The molecular formula is C13H19N. The molecule has 0 amide bonds. The highest BCUT2D eigenvalue weighted by Crippen LogP contribution is 2.26. The molecule has 1 nitrogen and oxygen atoms in total. The number of benzene rings is 1. The van der Waals surface area contributed by atoms with Crippen LogP contribution in [0.2, 0.25) is 0 Å². The summed E-state index contributed by atoms with van der Waals surface area (Å²) in [5.74, 6) is 0.790. The lowest BCUT2D eigenvalue weighted by molar-refractivity contribution is 0.487. The summed E-state index contributed by atoms with van der Waals surface area (Å²) >= 11 is 0. The van der Waals surface area contributed by atoms with Crippen molar-refractivity contribution in [2.75, 3.05) is 5.32 Å². The van der Waals surface area contributed by atoms with Crippen LogP contribution in [0.5, 0.6) is 0 Å². The van der Waals surface area contributed by atoms with Crippen molar-refractivity contribution in [2.45, 2.75) is 39.2 Å². The zero-order chi connectivity index (χ0) is 9.97. The third kappa shape index (κ3) is 2.09. The highest BCUT2D eigenvalue weighted by atomic mass is 14.9. The number of anilines is 1. The van der Waals surface area contributed by atoms with Crippen molar-refractivity contribution in [1.82, 2.24) is 0 Å². The topological polar surface area (TPSA) is 12.0 Å². The Morgan fingerprint density at radius 3 is 2.93 bits per heavy atom. The van der Waals surface area contributed by atoms with Crippen molar-refractivity contribution < 1.29 is 0 Å². The summed E-state index contributed by atoms with van der Waals surface area (Å²) in [6.45, 7) is 4.59. The van der Waals surface area contributed by atoms with Crippen LogP contribution in [0.3, 0.4) is 0 Å². The Balaban J connectivity index is 2.06. The van der Waals surface area contributed by atoms with Crippen molar-refractivity contribution in [3.63, 3.8) is 0 Å². The van der Waals surface area contributed by atoms with Gasteiger partial charge in [-0.15, -0.1) is 0 Å². The largest absolute Gasteiger partial charge is 0.382 e. The summed E-state index contributed by atoms with van der Waals surface area (Å²) in [7, 11) is 0. The summed E-state index contributed by atoms with van der Waals surface area (Å²) in [5, 5.41) is 3.63. The van der Waals surface area contributed by atoms with E-state index in [1.165, 1.54) is 30.5 Å². The fourth-order valence-electron chi connectivity index (χ4n) is 2.25. The molecule has 0 fully saturated rings. The third-order valence-corrected chi connectivity index (χ3v) is 2.90. The predicted octanol–water partition coefficient (Wildman–Crippen LogP) is 3.46. The van der Waals surface area contributed by atoms with Gasteiger partial charge < -0.3 is 5.32 Å². The number of para-hydroxylation sites is 1. The first-order valence-corrected chi connectivity index (χ1v) is 5.60. The molecule has 2 rings (SSSR count). The van der Waals surface area contributed by atoms with E-state index in [1.807, 2.05) is 0 Å². The lowest BCUT2D eigenvalue weighted by Gasteiger charge is -2.28. The average molecular weight is 189 g/mol. The Bertz CT molecular complexity index is 304. The van der Waals surface area contributed by atoms with Crippen LogP contribution < -0.4 is 5.32 Å². The van der Waals surface area contributed by atoms with E-state index in [2.05, 4.69) is 43.4 Å². The van der Waals surface area contributed by atoms with E-state index in [0.29, 0.717) is 6.04 Å². The van der Waals surface area contributed by atoms with Gasteiger partial charge in [0.05, 0.1) is 0 Å². The second kappa shape index (κ2) is 4.04. The molecule has 1 aromatic rings. The zero-order valence-electron chi connectivity index (χ0n) is 9.09. The summed E-state index contributed by atoms with van der Waals surface area (Å²) in [5.41, 5.74) is 2.83. The molecule has 1 unspecified atom stereocenters. The first-order valence-electron chi connectivity index (χ1n) is 5.60. The maximum atomic E-state index is 3.63. The molecule has 1 aliphatic heterocycles. The van der Waals surface area contributed by atoms with Gasteiger partial charge in [-0.05, 0) is 36.8 Å². The number of hydrogen-bond acceptors (Lipinski definition) is 1. The Morgan fingerprint density at radius 1 is 1.36 bits per heavy atom. The molecule has 0 saturated heterocycles. The van der Waals surface area contributed by atoms with Crippen molar-refractivity contribution in [3.8, 4) is 0 Å². The number of aryl methyl sites for hydroxylation is 1. The number of rotatable bonds is 2. The average Bonchev–Trinajstić information content (AvgIpc) is 2.17. The highest BCUT2D eigenvalue weighted by Gasteiger charge is 2.17. The molecule has 1 aliphatic rings. The molecule has 1 heterocycles. The number of fused-ring (bicyclic) bond motifs is 1. The van der Waals surface area contributed by atoms with Gasteiger partial charge in [0.1, 0.15) is 0 Å². The molecule has 1 atom stereocenters. The smallest absolute Gasteiger partial charge is 0.0374 e. The van der Waals surface area contributed by atoms with E-state index >= 15 is 0 Å². The van der Waals surface area contributed by atoms with Crippen LogP contribution in [-0.4, -0.2) is 6.04 Å². The van der Waals surface area contributed by atoms with Gasteiger partial charge >= 0.3 is 0 Å². The molecule has 0 aromatic heterocycles. The van der Waals surface area contributed by atoms with Crippen LogP contribution in [0.4, 0.5) is 5.69 Å². The minimum Gasteiger partial charge on any atom is -0.382 e. The van der Waals surface area contributed by atoms with E-state index in [1.54, 1.807) is 0 Å². The Labute approximate surface area is 86.5 Å². The molecular weight excluding hydrogens is 170 g/mol. The molecule has 1 N–H and O–H groups in total. The standard InChI is InChI=1S/C13H19N/c1-10(2)9-12-8-7-11-5-3-4-6-13(11)14-12/h3-6,10,12,14H,7-9H2,1-2H3.